The highest BCUT2D eigenvalue weighted by atomic mass is 79.9. The van der Waals surface area contributed by atoms with Crippen molar-refractivity contribution in [3.8, 4) is 11.8 Å². The number of hydrogen-bond acceptors (Lipinski definition) is 3. The molecule has 0 N–H and O–H groups in total. The van der Waals surface area contributed by atoms with E-state index in [9.17, 15) is 9.65 Å². The van der Waals surface area contributed by atoms with Crippen LogP contribution in [0.15, 0.2) is 34.9 Å². The van der Waals surface area contributed by atoms with Crippen LogP contribution in [0.4, 0.5) is 4.39 Å². The first kappa shape index (κ1) is 14.0. The average molecular weight is 366 g/mol. The Bertz CT molecular complexity index is 885. The van der Waals surface area contributed by atoms with Gasteiger partial charge >= 0.3 is 0 Å². The maximum atomic E-state index is 13.8. The van der Waals surface area contributed by atoms with Crippen molar-refractivity contribution in [1.82, 2.24) is 14.5 Å². The van der Waals surface area contributed by atoms with Gasteiger partial charge in [-0.05, 0) is 34.1 Å². The molecule has 0 spiro atoms. The number of imidazole rings is 1. The van der Waals surface area contributed by atoms with Gasteiger partial charge in [0.1, 0.15) is 28.8 Å². The Kier molecular flexibility index (Phi) is 3.62. The fraction of sp³-hybridized carbons (Fsp3) is 0.0714. The van der Waals surface area contributed by atoms with E-state index < -0.39 is 5.82 Å². The third-order valence-corrected chi connectivity index (χ3v) is 3.67. The monoisotopic (exact) mass is 364 g/mol. The van der Waals surface area contributed by atoms with E-state index in [2.05, 4.69) is 25.9 Å². The first-order chi connectivity index (χ1) is 10.2. The lowest BCUT2D eigenvalue weighted by Crippen LogP contribution is -2.04. The second kappa shape index (κ2) is 5.43. The summed E-state index contributed by atoms with van der Waals surface area (Å²) in [7, 11) is 0. The zero-order chi connectivity index (χ0) is 15.0. The molecule has 0 aliphatic heterocycles. The molecule has 0 fully saturated rings. The number of rotatable bonds is 2. The third kappa shape index (κ3) is 2.28. The molecule has 7 heteroatoms. The molecule has 0 aliphatic rings. The van der Waals surface area contributed by atoms with E-state index in [4.69, 9.17) is 11.6 Å². The van der Waals surface area contributed by atoms with Gasteiger partial charge in [-0.3, -0.25) is 4.57 Å². The Balaban J connectivity index is 2.40. The molecule has 0 unspecified atom stereocenters. The molecule has 4 nitrogen and oxygen atoms in total. The summed E-state index contributed by atoms with van der Waals surface area (Å²) in [5.74, 6) is 0.0314. The van der Waals surface area contributed by atoms with Crippen LogP contribution in [0.3, 0.4) is 0 Å². The van der Waals surface area contributed by atoms with Crippen LogP contribution in [0.5, 0.6) is 0 Å². The second-order valence-corrected chi connectivity index (χ2v) is 5.42. The van der Waals surface area contributed by atoms with Gasteiger partial charge in [-0.15, -0.1) is 11.6 Å². The lowest BCUT2D eigenvalue weighted by molar-refractivity contribution is 0.622. The van der Waals surface area contributed by atoms with Crippen LogP contribution in [-0.2, 0) is 5.88 Å². The number of benzene rings is 1. The number of aromatic nitrogens is 3. The number of fused-ring (bicyclic) bond motifs is 1. The average Bonchev–Trinajstić information content (AvgIpc) is 2.84. The summed E-state index contributed by atoms with van der Waals surface area (Å²) >= 11 is 9.26. The van der Waals surface area contributed by atoms with Gasteiger partial charge in [0.15, 0.2) is 5.65 Å². The fourth-order valence-electron chi connectivity index (χ4n) is 2.14. The normalized spacial score (nSPS) is 10.8. The minimum absolute atomic E-state index is 0.0621. The summed E-state index contributed by atoms with van der Waals surface area (Å²) in [5.41, 5.74) is 1.46. The summed E-state index contributed by atoms with van der Waals surface area (Å²) in [6.45, 7) is 0. The molecular weight excluding hydrogens is 359 g/mol. The number of nitriles is 1. The predicted octanol–water partition coefficient (Wildman–Crippen LogP) is 3.93. The molecule has 0 radical (unpaired) electrons. The molecule has 3 aromatic rings. The van der Waals surface area contributed by atoms with Crippen molar-refractivity contribution in [3.63, 3.8) is 0 Å². The highest BCUT2D eigenvalue weighted by Crippen LogP contribution is 2.26. The number of halogens is 3. The van der Waals surface area contributed by atoms with Gasteiger partial charge in [-0.25, -0.2) is 14.4 Å². The van der Waals surface area contributed by atoms with E-state index in [1.165, 1.54) is 12.1 Å². The standard InChI is InChI=1S/C14H7BrClFN4/c15-8-4-11-14(19-7-8)21(13(5-16)20-11)12-3-1-2-10(17)9(12)6-18/h1-4,7H,5H2. The molecular formula is C14H7BrClFN4. The van der Waals surface area contributed by atoms with Gasteiger partial charge in [0.25, 0.3) is 0 Å². The van der Waals surface area contributed by atoms with E-state index >= 15 is 0 Å². The zero-order valence-electron chi connectivity index (χ0n) is 10.5. The van der Waals surface area contributed by atoms with Gasteiger partial charge < -0.3 is 0 Å². The molecule has 2 aromatic heterocycles. The summed E-state index contributed by atoms with van der Waals surface area (Å²) in [6.07, 6.45) is 1.61. The van der Waals surface area contributed by atoms with Gasteiger partial charge in [-0.1, -0.05) is 6.07 Å². The molecule has 3 rings (SSSR count). The Labute approximate surface area is 132 Å². The Morgan fingerprint density at radius 2 is 2.24 bits per heavy atom. The lowest BCUT2D eigenvalue weighted by atomic mass is 10.2. The van der Waals surface area contributed by atoms with Gasteiger partial charge in [-0.2, -0.15) is 5.26 Å². The first-order valence-electron chi connectivity index (χ1n) is 5.93. The maximum absolute atomic E-state index is 13.8. The van der Waals surface area contributed by atoms with Crippen LogP contribution in [0.1, 0.15) is 11.4 Å². The van der Waals surface area contributed by atoms with E-state index in [0.29, 0.717) is 22.7 Å². The van der Waals surface area contributed by atoms with E-state index in [0.717, 1.165) is 4.47 Å². The Morgan fingerprint density at radius 1 is 1.43 bits per heavy atom. The van der Waals surface area contributed by atoms with E-state index in [1.54, 1.807) is 22.9 Å². The van der Waals surface area contributed by atoms with Crippen LogP contribution >= 0.6 is 27.5 Å². The molecule has 0 amide bonds. The second-order valence-electron chi connectivity index (χ2n) is 4.24. The van der Waals surface area contributed by atoms with Crippen LogP contribution in [-0.4, -0.2) is 14.5 Å². The quantitative estimate of drug-likeness (QED) is 0.647. The van der Waals surface area contributed by atoms with E-state index in [1.807, 2.05) is 6.07 Å². The lowest BCUT2D eigenvalue weighted by Gasteiger charge is -2.09. The topological polar surface area (TPSA) is 54.5 Å². The van der Waals surface area contributed by atoms with E-state index in [-0.39, 0.29) is 11.4 Å². The number of alkyl halides is 1. The molecule has 2 heterocycles. The van der Waals surface area contributed by atoms with Crippen LogP contribution < -0.4 is 0 Å². The van der Waals surface area contributed by atoms with Gasteiger partial charge in [0, 0.05) is 10.7 Å². The third-order valence-electron chi connectivity index (χ3n) is 3.00. The molecule has 0 bridgehead atoms. The zero-order valence-corrected chi connectivity index (χ0v) is 12.9. The first-order valence-corrected chi connectivity index (χ1v) is 7.26. The van der Waals surface area contributed by atoms with Crippen molar-refractivity contribution in [2.75, 3.05) is 0 Å². The SMILES string of the molecule is N#Cc1c(F)cccc1-n1c(CCl)nc2cc(Br)cnc21. The Morgan fingerprint density at radius 3 is 2.95 bits per heavy atom. The molecule has 0 saturated heterocycles. The van der Waals surface area contributed by atoms with Crippen molar-refractivity contribution in [2.24, 2.45) is 0 Å². The summed E-state index contributed by atoms with van der Waals surface area (Å²) in [4.78, 5) is 8.67. The van der Waals surface area contributed by atoms with Crippen molar-refractivity contribution in [2.45, 2.75) is 5.88 Å². The van der Waals surface area contributed by atoms with Crippen molar-refractivity contribution < 1.29 is 4.39 Å². The number of pyridine rings is 1. The van der Waals surface area contributed by atoms with Crippen LogP contribution in [0.2, 0.25) is 0 Å². The predicted molar refractivity (Wildman–Crippen MR) is 80.8 cm³/mol. The molecule has 0 aliphatic carbocycles. The molecule has 0 atom stereocenters. The maximum Gasteiger partial charge on any atom is 0.164 e. The van der Waals surface area contributed by atoms with Crippen LogP contribution in [0.25, 0.3) is 16.9 Å². The molecule has 0 saturated carbocycles. The van der Waals surface area contributed by atoms with Gasteiger partial charge in [0.2, 0.25) is 0 Å². The number of nitrogens with zero attached hydrogens (tertiary/aromatic N) is 4. The minimum atomic E-state index is -0.588. The number of hydrogen-bond donors (Lipinski definition) is 0. The fourth-order valence-corrected chi connectivity index (χ4v) is 2.64. The van der Waals surface area contributed by atoms with Crippen LogP contribution in [0, 0.1) is 17.1 Å². The molecule has 1 aromatic carbocycles. The Hall–Kier alpha value is -1.97. The smallest absolute Gasteiger partial charge is 0.164 e. The highest BCUT2D eigenvalue weighted by Gasteiger charge is 2.17. The molecule has 104 valence electrons. The highest BCUT2D eigenvalue weighted by molar-refractivity contribution is 9.10. The molecule has 21 heavy (non-hydrogen) atoms. The summed E-state index contributed by atoms with van der Waals surface area (Å²) < 4.78 is 16.2. The summed E-state index contributed by atoms with van der Waals surface area (Å²) in [5, 5.41) is 9.19. The van der Waals surface area contributed by atoms with Crippen molar-refractivity contribution in [3.05, 3.63) is 52.1 Å². The van der Waals surface area contributed by atoms with Crippen molar-refractivity contribution in [1.29, 1.82) is 5.26 Å². The van der Waals surface area contributed by atoms with Gasteiger partial charge in [0.05, 0.1) is 11.6 Å². The van der Waals surface area contributed by atoms with Crippen molar-refractivity contribution >= 4 is 38.7 Å². The largest absolute Gasteiger partial charge is 0.278 e. The summed E-state index contributed by atoms with van der Waals surface area (Å²) in [6, 6.07) is 8.09. The minimum Gasteiger partial charge on any atom is -0.278 e.